The number of piperidine rings is 1. The van der Waals surface area contributed by atoms with Crippen LogP contribution in [0.3, 0.4) is 0 Å². The highest BCUT2D eigenvalue weighted by Gasteiger charge is 2.46. The van der Waals surface area contributed by atoms with Gasteiger partial charge in [-0.3, -0.25) is 14.4 Å². The largest absolute Gasteiger partial charge is 0.506 e. The summed E-state index contributed by atoms with van der Waals surface area (Å²) in [5.74, 6) is -0.997. The van der Waals surface area contributed by atoms with Gasteiger partial charge in [0.2, 0.25) is 17.6 Å². The number of fused-ring (bicyclic) bond motifs is 3. The van der Waals surface area contributed by atoms with E-state index in [2.05, 4.69) is 15.4 Å². The van der Waals surface area contributed by atoms with Gasteiger partial charge in [-0.05, 0) is 43.2 Å². The van der Waals surface area contributed by atoms with Crippen LogP contribution in [0.2, 0.25) is 10.0 Å². The third-order valence-corrected chi connectivity index (χ3v) is 9.87. The molecule has 18 heteroatoms. The molecule has 3 aliphatic heterocycles. The number of ether oxygens (including phenoxy) is 2. The molecule has 1 spiro atoms. The van der Waals surface area contributed by atoms with Gasteiger partial charge >= 0.3 is 6.18 Å². The highest BCUT2D eigenvalue weighted by Crippen LogP contribution is 2.41. The molecule has 4 aromatic rings. The Labute approximate surface area is 292 Å². The molecule has 2 N–H and O–H groups in total. The van der Waals surface area contributed by atoms with Crippen LogP contribution in [0, 0.1) is 0 Å². The van der Waals surface area contributed by atoms with Crippen LogP contribution >= 0.6 is 23.2 Å². The number of phenols is 1. The molecule has 0 atom stereocenters. The predicted molar refractivity (Wildman–Crippen MR) is 175 cm³/mol. The first-order valence-electron chi connectivity index (χ1n) is 15.8. The number of anilines is 2. The van der Waals surface area contributed by atoms with E-state index in [0.717, 1.165) is 22.7 Å². The van der Waals surface area contributed by atoms with Crippen molar-refractivity contribution in [2.75, 3.05) is 56.2 Å². The average molecular weight is 737 g/mol. The number of likely N-dealkylation sites (tertiary alicyclic amines) is 1. The smallest absolute Gasteiger partial charge is 0.416 e. The molecule has 2 saturated heterocycles. The van der Waals surface area contributed by atoms with Crippen LogP contribution in [0.15, 0.2) is 41.2 Å². The molecule has 3 aliphatic rings. The molecule has 264 valence electrons. The molecule has 13 nitrogen and oxygen atoms in total. The number of phenolic OH excluding ortho intramolecular Hbond substituents is 1. The molecule has 7 rings (SSSR count). The van der Waals surface area contributed by atoms with Crippen molar-refractivity contribution in [3.63, 3.8) is 0 Å². The second kappa shape index (κ2) is 13.1. The first kappa shape index (κ1) is 34.1. The van der Waals surface area contributed by atoms with Crippen molar-refractivity contribution >= 4 is 52.4 Å². The number of benzene rings is 2. The van der Waals surface area contributed by atoms with Crippen LogP contribution in [0.5, 0.6) is 5.75 Å². The zero-order valence-electron chi connectivity index (χ0n) is 26.3. The van der Waals surface area contributed by atoms with Gasteiger partial charge in [-0.1, -0.05) is 29.3 Å². The van der Waals surface area contributed by atoms with Gasteiger partial charge in [-0.25, -0.2) is 0 Å². The highest BCUT2D eigenvalue weighted by atomic mass is 35.5. The van der Waals surface area contributed by atoms with Gasteiger partial charge in [0.25, 0.3) is 11.5 Å². The SMILES string of the molecule is O=C(Cn1c2c(c(=O)n3nc(N4CCOCC4)nc13)C1(CCN(C(=O)c3cccc(Cl)c3O)CC1)OCC2)Nc1ccc(C(F)(F)F)cc1Cl. The number of rotatable bonds is 5. The number of aromatic nitrogens is 4. The van der Waals surface area contributed by atoms with Gasteiger partial charge in [0.1, 0.15) is 17.9 Å². The molecule has 0 unspecified atom stereocenters. The van der Waals surface area contributed by atoms with E-state index in [1.54, 1.807) is 15.5 Å². The lowest BCUT2D eigenvalue weighted by Gasteiger charge is -2.44. The standard InChI is InChI=1S/C32H30Cl2F3N7O6/c33-20-3-1-2-19(26(20)46)27(47)41-9-7-31(8-10-41)25-23(6-13-50-31)43(17-24(45)38-22-5-4-18(16-21(22)34)32(35,36)37)30-39-29(40-44(30)28(25)48)42-11-14-49-15-12-42/h1-5,16,46H,6-15,17H2,(H,38,45). The molecule has 0 aliphatic carbocycles. The molecule has 0 saturated carbocycles. The van der Waals surface area contributed by atoms with Gasteiger partial charge in [-0.15, -0.1) is 5.10 Å². The summed E-state index contributed by atoms with van der Waals surface area (Å²) in [6, 6.07) is 7.16. The number of halogens is 5. The summed E-state index contributed by atoms with van der Waals surface area (Å²) in [5, 5.41) is 17.3. The fraction of sp³-hybridized carbons (Fsp3) is 0.406. The lowest BCUT2D eigenvalue weighted by molar-refractivity contribution is -0.137. The number of carbonyl (C=O) groups excluding carboxylic acids is 2. The van der Waals surface area contributed by atoms with Gasteiger partial charge < -0.3 is 34.3 Å². The lowest BCUT2D eigenvalue weighted by Crippen LogP contribution is -2.52. The van der Waals surface area contributed by atoms with Gasteiger partial charge in [0, 0.05) is 38.3 Å². The maximum Gasteiger partial charge on any atom is 0.416 e. The van der Waals surface area contributed by atoms with E-state index in [4.69, 9.17) is 32.7 Å². The Morgan fingerprint density at radius 1 is 1.02 bits per heavy atom. The molecule has 2 amide bonds. The lowest BCUT2D eigenvalue weighted by atomic mass is 9.81. The van der Waals surface area contributed by atoms with Crippen molar-refractivity contribution in [1.29, 1.82) is 0 Å². The first-order chi connectivity index (χ1) is 23.9. The molecular formula is C32H30Cl2F3N7O6. The van der Waals surface area contributed by atoms with Crippen LogP contribution in [-0.2, 0) is 39.0 Å². The minimum absolute atomic E-state index is 0.0198. The fourth-order valence-electron chi connectivity index (χ4n) is 6.74. The van der Waals surface area contributed by atoms with Crippen LogP contribution in [0.1, 0.15) is 40.0 Å². The van der Waals surface area contributed by atoms with Crippen molar-refractivity contribution in [2.24, 2.45) is 0 Å². The number of morpholine rings is 1. The number of aromatic hydroxyl groups is 1. The number of amides is 2. The molecule has 2 aromatic carbocycles. The Hall–Kier alpha value is -4.38. The van der Waals surface area contributed by atoms with E-state index in [1.165, 1.54) is 12.1 Å². The third-order valence-electron chi connectivity index (χ3n) is 9.26. The van der Waals surface area contributed by atoms with Crippen LogP contribution in [-0.4, -0.2) is 87.0 Å². The first-order valence-corrected chi connectivity index (χ1v) is 16.5. The quantitative estimate of drug-likeness (QED) is 0.310. The summed E-state index contributed by atoms with van der Waals surface area (Å²) < 4.78 is 54.1. The number of para-hydroxylation sites is 1. The Balaban J connectivity index is 1.25. The topological polar surface area (TPSA) is 144 Å². The molecule has 50 heavy (non-hydrogen) atoms. The number of alkyl halides is 3. The van der Waals surface area contributed by atoms with E-state index < -0.39 is 34.7 Å². The van der Waals surface area contributed by atoms with Crippen molar-refractivity contribution in [2.45, 2.75) is 37.6 Å². The number of nitrogens with one attached hydrogen (secondary N) is 1. The Kier molecular flexibility index (Phi) is 8.90. The molecule has 2 aromatic heterocycles. The minimum Gasteiger partial charge on any atom is -0.506 e. The third kappa shape index (κ3) is 6.14. The Morgan fingerprint density at radius 3 is 2.46 bits per heavy atom. The molecule has 5 heterocycles. The summed E-state index contributed by atoms with van der Waals surface area (Å²) in [7, 11) is 0. The zero-order chi connectivity index (χ0) is 35.4. The van der Waals surface area contributed by atoms with Gasteiger partial charge in [0.15, 0.2) is 0 Å². The molecule has 0 radical (unpaired) electrons. The fourth-order valence-corrected chi connectivity index (χ4v) is 7.14. The summed E-state index contributed by atoms with van der Waals surface area (Å²) in [6.07, 6.45) is -3.91. The van der Waals surface area contributed by atoms with Crippen LogP contribution < -0.4 is 15.8 Å². The number of carbonyl (C=O) groups is 2. The number of hydrogen-bond acceptors (Lipinski definition) is 9. The summed E-state index contributed by atoms with van der Waals surface area (Å²) >= 11 is 12.2. The van der Waals surface area contributed by atoms with E-state index in [1.807, 2.05) is 4.90 Å². The average Bonchev–Trinajstić information content (AvgIpc) is 3.55. The van der Waals surface area contributed by atoms with Crippen molar-refractivity contribution in [3.05, 3.63) is 79.2 Å². The minimum atomic E-state index is -4.61. The number of hydrogen-bond donors (Lipinski definition) is 2. The van der Waals surface area contributed by atoms with E-state index >= 15 is 0 Å². The normalized spacial score (nSPS) is 17.6. The van der Waals surface area contributed by atoms with Gasteiger partial charge in [0.05, 0.1) is 52.2 Å². The van der Waals surface area contributed by atoms with Crippen LogP contribution in [0.4, 0.5) is 24.8 Å². The number of nitrogens with zero attached hydrogens (tertiary/aromatic N) is 6. The monoisotopic (exact) mass is 735 g/mol. The second-order valence-electron chi connectivity index (χ2n) is 12.2. The van der Waals surface area contributed by atoms with Crippen molar-refractivity contribution < 1.29 is 37.3 Å². The van der Waals surface area contributed by atoms with Gasteiger partial charge in [-0.2, -0.15) is 22.7 Å². The van der Waals surface area contributed by atoms with E-state index in [-0.39, 0.29) is 89.8 Å². The maximum absolute atomic E-state index is 14.3. The maximum atomic E-state index is 14.3. The Morgan fingerprint density at radius 2 is 1.76 bits per heavy atom. The summed E-state index contributed by atoms with van der Waals surface area (Å²) in [5.41, 5.74) is -1.75. The Bertz CT molecular complexity index is 2060. The highest BCUT2D eigenvalue weighted by molar-refractivity contribution is 6.33. The summed E-state index contributed by atoms with van der Waals surface area (Å²) in [4.78, 5) is 49.3. The van der Waals surface area contributed by atoms with E-state index in [9.17, 15) is 32.7 Å². The van der Waals surface area contributed by atoms with Crippen LogP contribution in [0.25, 0.3) is 5.78 Å². The predicted octanol–water partition coefficient (Wildman–Crippen LogP) is 4.10. The van der Waals surface area contributed by atoms with Crippen molar-refractivity contribution in [3.8, 4) is 5.75 Å². The van der Waals surface area contributed by atoms with E-state index in [0.29, 0.717) is 32.0 Å². The molecule has 0 bridgehead atoms. The zero-order valence-corrected chi connectivity index (χ0v) is 27.8. The van der Waals surface area contributed by atoms with Crippen molar-refractivity contribution in [1.82, 2.24) is 24.1 Å². The molecule has 2 fully saturated rings. The summed E-state index contributed by atoms with van der Waals surface area (Å²) in [6.45, 7) is 2.03. The second-order valence-corrected chi connectivity index (χ2v) is 13.0. The molecular weight excluding hydrogens is 706 g/mol.